The Morgan fingerprint density at radius 1 is 1.12 bits per heavy atom. The zero-order valence-electron chi connectivity index (χ0n) is 20.9. The monoisotopic (exact) mass is 464 g/mol. The summed E-state index contributed by atoms with van der Waals surface area (Å²) in [5.74, 6) is 0.765. The molecule has 0 radical (unpaired) electrons. The van der Waals surface area contributed by atoms with Gasteiger partial charge in [0.15, 0.2) is 0 Å². The Labute approximate surface area is 202 Å². The second-order valence-electron chi connectivity index (χ2n) is 9.87. The molecule has 2 N–H and O–H groups in total. The van der Waals surface area contributed by atoms with Gasteiger partial charge >= 0.3 is 6.03 Å². The molecule has 1 heterocycles. The molecule has 2 aromatic carbocycles. The average molecular weight is 465 g/mol. The van der Waals surface area contributed by atoms with Crippen LogP contribution in [0, 0.1) is 19.8 Å². The van der Waals surface area contributed by atoms with Crippen molar-refractivity contribution in [2.75, 3.05) is 31.8 Å². The maximum atomic E-state index is 13.1. The fraction of sp³-hybridized carbons (Fsp3) is 0.481. The number of anilines is 2. The number of nitrogens with zero attached hydrogens (tertiary/aromatic N) is 2. The number of amides is 3. The lowest BCUT2D eigenvalue weighted by molar-refractivity contribution is -0.121. The van der Waals surface area contributed by atoms with Crippen molar-refractivity contribution in [2.24, 2.45) is 5.92 Å². The molecule has 1 saturated carbocycles. The Hall–Kier alpha value is -3.06. The molecule has 182 valence electrons. The number of fused-ring (bicyclic) bond motifs is 1. The van der Waals surface area contributed by atoms with Gasteiger partial charge in [-0.05, 0) is 81.9 Å². The van der Waals surface area contributed by atoms with Gasteiger partial charge in [0.2, 0.25) is 5.91 Å². The van der Waals surface area contributed by atoms with Crippen LogP contribution in [-0.4, -0.2) is 49.0 Å². The maximum absolute atomic E-state index is 13.1. The van der Waals surface area contributed by atoms with Crippen LogP contribution in [0.2, 0.25) is 0 Å². The molecule has 0 saturated heterocycles. The number of hydrogen-bond acceptors (Lipinski definition) is 4. The molecule has 3 amide bonds. The normalized spacial score (nSPS) is 20.1. The summed E-state index contributed by atoms with van der Waals surface area (Å²) in [6.07, 6.45) is 3.20. The van der Waals surface area contributed by atoms with Gasteiger partial charge in [-0.3, -0.25) is 4.79 Å². The minimum atomic E-state index is -0.0443. The minimum Gasteiger partial charge on any atom is -0.496 e. The number of carbonyl (C=O) groups is 2. The Balaban J connectivity index is 1.39. The van der Waals surface area contributed by atoms with Crippen molar-refractivity contribution in [3.63, 3.8) is 0 Å². The molecule has 1 aliphatic heterocycles. The van der Waals surface area contributed by atoms with Crippen molar-refractivity contribution in [1.82, 2.24) is 9.80 Å². The van der Waals surface area contributed by atoms with Gasteiger partial charge in [-0.15, -0.1) is 0 Å². The molecule has 34 heavy (non-hydrogen) atoms. The Morgan fingerprint density at radius 3 is 2.50 bits per heavy atom. The van der Waals surface area contributed by atoms with Gasteiger partial charge in [-0.25, -0.2) is 4.79 Å². The molecule has 1 fully saturated rings. The van der Waals surface area contributed by atoms with Crippen molar-refractivity contribution < 1.29 is 14.3 Å². The highest BCUT2D eigenvalue weighted by Gasteiger charge is 2.35. The first-order chi connectivity index (χ1) is 16.3. The number of benzene rings is 2. The summed E-state index contributed by atoms with van der Waals surface area (Å²) >= 11 is 0. The molecule has 4 rings (SSSR count). The number of aryl methyl sites for hydroxylation is 2. The van der Waals surface area contributed by atoms with E-state index < -0.39 is 0 Å². The topological polar surface area (TPSA) is 73.9 Å². The third kappa shape index (κ3) is 5.04. The maximum Gasteiger partial charge on any atom is 0.322 e. The molecular weight excluding hydrogens is 428 g/mol. The largest absolute Gasteiger partial charge is 0.496 e. The van der Waals surface area contributed by atoms with Crippen molar-refractivity contribution >= 4 is 23.3 Å². The van der Waals surface area contributed by atoms with Crippen LogP contribution in [0.3, 0.4) is 0 Å². The van der Waals surface area contributed by atoms with E-state index in [-0.39, 0.29) is 23.9 Å². The van der Waals surface area contributed by atoms with Gasteiger partial charge < -0.3 is 25.2 Å². The Bertz CT molecular complexity index is 1070. The number of nitrogens with one attached hydrogen (secondary N) is 2. The zero-order chi connectivity index (χ0) is 24.4. The van der Waals surface area contributed by atoms with Crippen LogP contribution >= 0.6 is 0 Å². The van der Waals surface area contributed by atoms with E-state index >= 15 is 0 Å². The van der Waals surface area contributed by atoms with Crippen LogP contribution in [0.15, 0.2) is 30.3 Å². The summed E-state index contributed by atoms with van der Waals surface area (Å²) in [6, 6.07) is 10.1. The summed E-state index contributed by atoms with van der Waals surface area (Å²) in [5.41, 5.74) is 6.30. The fourth-order valence-corrected chi connectivity index (χ4v) is 5.14. The van der Waals surface area contributed by atoms with Crippen LogP contribution in [0.5, 0.6) is 5.75 Å². The highest BCUT2D eigenvalue weighted by atomic mass is 16.5. The number of methoxy groups -OCH3 is 1. The molecule has 0 spiro atoms. The first kappa shape index (κ1) is 24.1. The number of urea groups is 1. The van der Waals surface area contributed by atoms with Crippen LogP contribution in [-0.2, 0) is 17.9 Å². The summed E-state index contributed by atoms with van der Waals surface area (Å²) in [4.78, 5) is 30.0. The van der Waals surface area contributed by atoms with Crippen LogP contribution in [0.1, 0.15) is 47.9 Å². The molecule has 2 aliphatic rings. The summed E-state index contributed by atoms with van der Waals surface area (Å²) < 4.78 is 5.37. The summed E-state index contributed by atoms with van der Waals surface area (Å²) in [6.45, 7) is 5.50. The first-order valence-electron chi connectivity index (χ1n) is 12.1. The van der Waals surface area contributed by atoms with Crippen LogP contribution in [0.25, 0.3) is 0 Å². The Morgan fingerprint density at radius 2 is 1.82 bits per heavy atom. The van der Waals surface area contributed by atoms with Gasteiger partial charge in [0.1, 0.15) is 5.75 Å². The van der Waals surface area contributed by atoms with E-state index in [2.05, 4.69) is 34.6 Å². The van der Waals surface area contributed by atoms with Crippen molar-refractivity contribution in [3.05, 3.63) is 52.6 Å². The van der Waals surface area contributed by atoms with E-state index in [0.717, 1.165) is 60.5 Å². The third-order valence-corrected chi connectivity index (χ3v) is 7.13. The molecule has 0 aromatic heterocycles. The lowest BCUT2D eigenvalue weighted by Gasteiger charge is -2.40. The molecule has 0 atom stereocenters. The van der Waals surface area contributed by atoms with E-state index in [9.17, 15) is 9.59 Å². The van der Waals surface area contributed by atoms with E-state index in [1.807, 2.05) is 44.1 Å². The molecule has 1 aliphatic carbocycles. The van der Waals surface area contributed by atoms with Crippen molar-refractivity contribution in [2.45, 2.75) is 58.7 Å². The molecular formula is C27H36N4O3. The SMILES string of the molecule is COc1cc(NC(=O)C2CCC(N3Cc4c(C)ccc(CN(C)C)c4NC3=O)CC2)ccc1C. The second kappa shape index (κ2) is 10.1. The van der Waals surface area contributed by atoms with Gasteiger partial charge in [0, 0.05) is 30.3 Å². The minimum absolute atomic E-state index is 0.0299. The number of hydrogen-bond donors (Lipinski definition) is 2. The standard InChI is InChI=1S/C27H36N4O3/c1-17-6-8-20(15-30(3)4)25-23(17)16-31(27(33)29-25)22-12-9-19(10-13-22)26(32)28-21-11-7-18(2)24(14-21)34-5/h6-8,11,14,19,22H,9-10,12-13,15-16H2,1-5H3,(H,28,32)(H,29,33). The van der Waals surface area contributed by atoms with Gasteiger partial charge in [-0.2, -0.15) is 0 Å². The third-order valence-electron chi connectivity index (χ3n) is 7.13. The molecule has 7 nitrogen and oxygen atoms in total. The number of carbonyl (C=O) groups excluding carboxylic acids is 2. The predicted molar refractivity (Wildman–Crippen MR) is 135 cm³/mol. The predicted octanol–water partition coefficient (Wildman–Crippen LogP) is 4.92. The van der Waals surface area contributed by atoms with E-state index in [1.165, 1.54) is 11.1 Å². The smallest absolute Gasteiger partial charge is 0.322 e. The van der Waals surface area contributed by atoms with E-state index in [0.29, 0.717) is 6.54 Å². The van der Waals surface area contributed by atoms with E-state index in [1.54, 1.807) is 7.11 Å². The zero-order valence-corrected chi connectivity index (χ0v) is 20.9. The summed E-state index contributed by atoms with van der Waals surface area (Å²) in [7, 11) is 5.70. The summed E-state index contributed by atoms with van der Waals surface area (Å²) in [5, 5.41) is 6.22. The molecule has 7 heteroatoms. The molecule has 2 aromatic rings. The number of ether oxygens (including phenoxy) is 1. The van der Waals surface area contributed by atoms with Gasteiger partial charge in [0.05, 0.1) is 19.3 Å². The van der Waals surface area contributed by atoms with Gasteiger partial charge in [0.25, 0.3) is 0 Å². The van der Waals surface area contributed by atoms with E-state index in [4.69, 9.17) is 4.74 Å². The second-order valence-corrected chi connectivity index (χ2v) is 9.87. The molecule has 0 bridgehead atoms. The van der Waals surface area contributed by atoms with Crippen molar-refractivity contribution in [1.29, 1.82) is 0 Å². The quantitative estimate of drug-likeness (QED) is 0.637. The van der Waals surface area contributed by atoms with Crippen LogP contribution in [0.4, 0.5) is 16.2 Å². The van der Waals surface area contributed by atoms with Gasteiger partial charge in [-0.1, -0.05) is 18.2 Å². The highest BCUT2D eigenvalue weighted by Crippen LogP contribution is 2.36. The lowest BCUT2D eigenvalue weighted by atomic mass is 9.84. The van der Waals surface area contributed by atoms with Crippen LogP contribution < -0.4 is 15.4 Å². The first-order valence-corrected chi connectivity index (χ1v) is 12.1. The Kier molecular flexibility index (Phi) is 7.12. The average Bonchev–Trinajstić information content (AvgIpc) is 2.82. The number of rotatable bonds is 6. The molecule has 0 unspecified atom stereocenters. The highest BCUT2D eigenvalue weighted by molar-refractivity contribution is 5.94. The van der Waals surface area contributed by atoms with Crippen molar-refractivity contribution in [3.8, 4) is 5.75 Å². The lowest BCUT2D eigenvalue weighted by Crippen LogP contribution is -2.47. The fourth-order valence-electron chi connectivity index (χ4n) is 5.14.